The molecule has 8 heteroatoms. The molecule has 23 heavy (non-hydrogen) atoms. The molecule has 6 nitrogen and oxygen atoms in total. The first-order valence-corrected chi connectivity index (χ1v) is 9.03. The van der Waals surface area contributed by atoms with Crippen LogP contribution in [-0.2, 0) is 14.6 Å². The summed E-state index contributed by atoms with van der Waals surface area (Å²) in [6.45, 7) is 0. The Bertz CT molecular complexity index is 795. The molecule has 0 radical (unpaired) electrons. The molecule has 1 fully saturated rings. The number of halogens is 1. The van der Waals surface area contributed by atoms with Gasteiger partial charge in [0.15, 0.2) is 14.6 Å². The summed E-state index contributed by atoms with van der Waals surface area (Å²) in [5.74, 6) is -0.604. The summed E-state index contributed by atoms with van der Waals surface area (Å²) in [6, 6.07) is 5.85. The zero-order valence-corrected chi connectivity index (χ0v) is 13.7. The molecule has 1 N–H and O–H groups in total. The average molecular weight is 355 g/mol. The maximum Gasteiger partial charge on any atom is 0.301 e. The Hall–Kier alpha value is -1.86. The minimum atomic E-state index is -3.86. The summed E-state index contributed by atoms with van der Waals surface area (Å²) in [5, 5.41) is 2.91. The van der Waals surface area contributed by atoms with Crippen LogP contribution >= 0.6 is 11.6 Å². The van der Waals surface area contributed by atoms with Gasteiger partial charge in [-0.2, -0.15) is 0 Å². The molecule has 0 atom stereocenters. The van der Waals surface area contributed by atoms with E-state index in [1.54, 1.807) is 0 Å². The van der Waals surface area contributed by atoms with Gasteiger partial charge in [0.2, 0.25) is 5.91 Å². The first-order valence-electron chi connectivity index (χ1n) is 7.17. The Morgan fingerprint density at radius 1 is 1.22 bits per heavy atom. The van der Waals surface area contributed by atoms with Crippen molar-refractivity contribution in [3.8, 4) is 0 Å². The van der Waals surface area contributed by atoms with E-state index >= 15 is 0 Å². The van der Waals surface area contributed by atoms with Gasteiger partial charge in [0.1, 0.15) is 6.26 Å². The number of amides is 1. The molecule has 0 saturated heterocycles. The summed E-state index contributed by atoms with van der Waals surface area (Å²) in [6.07, 6.45) is 4.57. The number of benzene rings is 1. The van der Waals surface area contributed by atoms with Crippen LogP contribution in [0, 0.1) is 0 Å². The highest BCUT2D eigenvalue weighted by molar-refractivity contribution is 7.93. The number of carbonyl (C=O) groups excluding carboxylic acids is 1. The predicted octanol–water partition coefficient (Wildman–Crippen LogP) is 3.05. The van der Waals surface area contributed by atoms with E-state index < -0.39 is 20.5 Å². The van der Waals surface area contributed by atoms with Crippen molar-refractivity contribution in [2.75, 3.05) is 5.32 Å². The molecule has 0 spiro atoms. The van der Waals surface area contributed by atoms with Crippen molar-refractivity contribution in [3.05, 3.63) is 41.7 Å². The second kappa shape index (κ2) is 5.98. The maximum absolute atomic E-state index is 13.1. The van der Waals surface area contributed by atoms with Crippen molar-refractivity contribution in [2.24, 2.45) is 0 Å². The van der Waals surface area contributed by atoms with E-state index in [1.807, 2.05) is 0 Å². The van der Waals surface area contributed by atoms with Gasteiger partial charge in [-0.25, -0.2) is 13.4 Å². The van der Waals surface area contributed by atoms with E-state index in [4.69, 9.17) is 16.0 Å². The van der Waals surface area contributed by atoms with Crippen molar-refractivity contribution < 1.29 is 17.6 Å². The van der Waals surface area contributed by atoms with Crippen molar-refractivity contribution >= 4 is 33.4 Å². The highest BCUT2D eigenvalue weighted by Crippen LogP contribution is 2.41. The molecule has 0 unspecified atom stereocenters. The lowest BCUT2D eigenvalue weighted by Crippen LogP contribution is -2.47. The van der Waals surface area contributed by atoms with Gasteiger partial charge >= 0.3 is 6.01 Å². The number of oxazole rings is 1. The quantitative estimate of drug-likeness (QED) is 0.911. The number of carbonyl (C=O) groups is 1. The standard InChI is InChI=1S/C15H15ClN2O4S/c16-11-3-5-12(6-4-11)23(20,21)15(7-1-2-8-15)13(19)18-14-17-9-10-22-14/h3-6,9-10H,1-2,7-8H2,(H,17,18,19). The molecule has 1 amide bonds. The molecule has 2 aromatic rings. The molecule has 1 aromatic carbocycles. The third-order valence-electron chi connectivity index (χ3n) is 4.12. The molecule has 0 bridgehead atoms. The van der Waals surface area contributed by atoms with Crippen LogP contribution in [0.1, 0.15) is 25.7 Å². The zero-order valence-electron chi connectivity index (χ0n) is 12.2. The Morgan fingerprint density at radius 2 is 1.87 bits per heavy atom. The molecule has 1 heterocycles. The van der Waals surface area contributed by atoms with Gasteiger partial charge in [-0.05, 0) is 37.1 Å². The fraction of sp³-hybridized carbons (Fsp3) is 0.333. The summed E-state index contributed by atoms with van der Waals surface area (Å²) < 4.78 is 29.6. The monoisotopic (exact) mass is 354 g/mol. The van der Waals surface area contributed by atoms with E-state index in [-0.39, 0.29) is 23.8 Å². The van der Waals surface area contributed by atoms with E-state index in [0.717, 1.165) is 0 Å². The van der Waals surface area contributed by atoms with Gasteiger partial charge in [0.05, 0.1) is 11.1 Å². The van der Waals surface area contributed by atoms with Crippen LogP contribution in [-0.4, -0.2) is 24.1 Å². The fourth-order valence-electron chi connectivity index (χ4n) is 2.90. The number of hydrogen-bond donors (Lipinski definition) is 1. The van der Waals surface area contributed by atoms with Gasteiger partial charge in [-0.3, -0.25) is 10.1 Å². The summed E-state index contributed by atoms with van der Waals surface area (Å²) in [4.78, 5) is 16.6. The summed E-state index contributed by atoms with van der Waals surface area (Å²) in [5.41, 5.74) is 0. The molecule has 122 valence electrons. The largest absolute Gasteiger partial charge is 0.432 e. The molecular weight excluding hydrogens is 340 g/mol. The highest BCUT2D eigenvalue weighted by atomic mass is 35.5. The smallest absolute Gasteiger partial charge is 0.301 e. The van der Waals surface area contributed by atoms with Gasteiger partial charge in [-0.1, -0.05) is 24.4 Å². The maximum atomic E-state index is 13.1. The first-order chi connectivity index (χ1) is 11.0. The Kier molecular flexibility index (Phi) is 4.16. The number of aromatic nitrogens is 1. The van der Waals surface area contributed by atoms with E-state index in [9.17, 15) is 13.2 Å². The number of hydrogen-bond acceptors (Lipinski definition) is 5. The third kappa shape index (κ3) is 2.74. The molecule has 1 aliphatic carbocycles. The minimum absolute atomic E-state index is 0.00687. The van der Waals surface area contributed by atoms with Crippen LogP contribution in [0.15, 0.2) is 46.0 Å². The van der Waals surface area contributed by atoms with Crippen molar-refractivity contribution in [1.29, 1.82) is 0 Å². The van der Waals surface area contributed by atoms with Crippen LogP contribution in [0.4, 0.5) is 6.01 Å². The zero-order chi connectivity index (χ0) is 16.5. The van der Waals surface area contributed by atoms with Crippen LogP contribution in [0.5, 0.6) is 0 Å². The van der Waals surface area contributed by atoms with E-state index in [0.29, 0.717) is 17.9 Å². The predicted molar refractivity (Wildman–Crippen MR) is 85.0 cm³/mol. The summed E-state index contributed by atoms with van der Waals surface area (Å²) >= 11 is 5.82. The molecule has 1 aliphatic rings. The minimum Gasteiger partial charge on any atom is -0.432 e. The van der Waals surface area contributed by atoms with E-state index in [2.05, 4.69) is 10.3 Å². The SMILES string of the molecule is O=C(Nc1ncco1)C1(S(=O)(=O)c2ccc(Cl)cc2)CCCC1. The Balaban J connectivity index is 1.99. The molecular formula is C15H15ClN2O4S. The average Bonchev–Trinajstić information content (AvgIpc) is 3.19. The van der Waals surface area contributed by atoms with Crippen LogP contribution in [0.25, 0.3) is 0 Å². The van der Waals surface area contributed by atoms with Crippen molar-refractivity contribution in [2.45, 2.75) is 35.3 Å². The van der Waals surface area contributed by atoms with Crippen LogP contribution < -0.4 is 5.32 Å². The van der Waals surface area contributed by atoms with Crippen LogP contribution in [0.3, 0.4) is 0 Å². The van der Waals surface area contributed by atoms with Gasteiger partial charge in [-0.15, -0.1) is 0 Å². The normalized spacial score (nSPS) is 17.1. The lowest BCUT2D eigenvalue weighted by molar-refractivity contribution is -0.118. The van der Waals surface area contributed by atoms with Crippen LogP contribution in [0.2, 0.25) is 5.02 Å². The van der Waals surface area contributed by atoms with Gasteiger partial charge < -0.3 is 4.42 Å². The molecule has 1 aromatic heterocycles. The van der Waals surface area contributed by atoms with E-state index in [1.165, 1.54) is 36.7 Å². The Morgan fingerprint density at radius 3 is 2.43 bits per heavy atom. The third-order valence-corrected chi connectivity index (χ3v) is 6.88. The molecule has 1 saturated carbocycles. The second-order valence-corrected chi connectivity index (χ2v) is 8.15. The molecule has 3 rings (SSSR count). The highest BCUT2D eigenvalue weighted by Gasteiger charge is 2.53. The second-order valence-electron chi connectivity index (χ2n) is 5.45. The number of sulfone groups is 1. The number of nitrogens with one attached hydrogen (secondary N) is 1. The Labute approximate surface area is 138 Å². The van der Waals surface area contributed by atoms with Gasteiger partial charge in [0, 0.05) is 5.02 Å². The van der Waals surface area contributed by atoms with Crippen molar-refractivity contribution in [3.63, 3.8) is 0 Å². The van der Waals surface area contributed by atoms with Crippen molar-refractivity contribution in [1.82, 2.24) is 4.98 Å². The van der Waals surface area contributed by atoms with Gasteiger partial charge in [0.25, 0.3) is 0 Å². The number of nitrogens with zero attached hydrogens (tertiary/aromatic N) is 1. The topological polar surface area (TPSA) is 89.3 Å². The number of anilines is 1. The lowest BCUT2D eigenvalue weighted by atomic mass is 10.1. The summed E-state index contributed by atoms with van der Waals surface area (Å²) in [7, 11) is -3.86. The first kappa shape index (κ1) is 16.0. The number of rotatable bonds is 4. The molecule has 0 aliphatic heterocycles. The lowest BCUT2D eigenvalue weighted by Gasteiger charge is -2.26. The fourth-order valence-corrected chi connectivity index (χ4v) is 5.09.